The second-order valence-electron chi connectivity index (χ2n) is 2.89. The van der Waals surface area contributed by atoms with Gasteiger partial charge in [-0.25, -0.2) is 8.42 Å². The highest BCUT2D eigenvalue weighted by Crippen LogP contribution is 1.96. The Kier molecular flexibility index (Phi) is 2.86. The largest absolute Gasteiger partial charge is 0.381 e. The molecule has 0 fully saturated rings. The zero-order chi connectivity index (χ0) is 9.90. The van der Waals surface area contributed by atoms with E-state index in [4.69, 9.17) is 5.73 Å². The highest BCUT2D eigenvalue weighted by atomic mass is 32.2. The fourth-order valence-electron chi connectivity index (χ4n) is 0.911. The molecule has 1 aromatic heterocycles. The average Bonchev–Trinajstić information content (AvgIpc) is 2.33. The van der Waals surface area contributed by atoms with Gasteiger partial charge in [-0.3, -0.25) is 4.68 Å². The molecule has 13 heavy (non-hydrogen) atoms. The van der Waals surface area contributed by atoms with E-state index in [9.17, 15) is 8.42 Å². The highest BCUT2D eigenvalue weighted by Gasteiger charge is 2.02. The van der Waals surface area contributed by atoms with Gasteiger partial charge in [0.1, 0.15) is 9.84 Å². The molecule has 2 N–H and O–H groups in total. The van der Waals surface area contributed by atoms with Crippen LogP contribution in [0.4, 0.5) is 5.82 Å². The third kappa shape index (κ3) is 3.88. The molecule has 0 amide bonds. The number of sulfone groups is 1. The summed E-state index contributed by atoms with van der Waals surface area (Å²) in [4.78, 5) is 0. The summed E-state index contributed by atoms with van der Waals surface area (Å²) in [6.07, 6.45) is 3.31. The van der Waals surface area contributed by atoms with Crippen LogP contribution in [0.3, 0.4) is 0 Å². The second kappa shape index (κ2) is 3.73. The Labute approximate surface area is 76.7 Å². The summed E-state index contributed by atoms with van der Waals surface area (Å²) in [5.74, 6) is 0.506. The predicted molar refractivity (Wildman–Crippen MR) is 48.8 cm³/mol. The van der Waals surface area contributed by atoms with Crippen LogP contribution in [-0.4, -0.2) is 35.4 Å². The lowest BCUT2D eigenvalue weighted by atomic mass is 10.5. The van der Waals surface area contributed by atoms with Crippen LogP contribution in [0.2, 0.25) is 0 Å². The monoisotopic (exact) mass is 204 g/mol. The molecule has 0 aromatic carbocycles. The summed E-state index contributed by atoms with van der Waals surface area (Å²) >= 11 is 0. The normalized spacial score (nSPS) is 11.8. The third-order valence-corrected chi connectivity index (χ3v) is 2.49. The summed E-state index contributed by atoms with van der Waals surface area (Å²) in [6.45, 7) is 0.525. The quantitative estimate of drug-likeness (QED) is 0.700. The molecule has 0 unspecified atom stereocenters. The fraction of sp³-hybridized carbons (Fsp3) is 0.667. The van der Waals surface area contributed by atoms with Crippen molar-refractivity contribution in [3.05, 3.63) is 6.20 Å². The van der Waals surface area contributed by atoms with Gasteiger partial charge in [0.2, 0.25) is 0 Å². The minimum atomic E-state index is -2.88. The van der Waals surface area contributed by atoms with E-state index in [1.807, 2.05) is 0 Å². The Morgan fingerprint density at radius 3 is 2.77 bits per heavy atom. The molecule has 0 aliphatic rings. The van der Waals surface area contributed by atoms with Gasteiger partial charge in [-0.15, -0.1) is 5.10 Å². The van der Waals surface area contributed by atoms with Gasteiger partial charge in [0.05, 0.1) is 11.9 Å². The molecule has 0 aliphatic heterocycles. The number of nitrogen functional groups attached to an aromatic ring is 1. The van der Waals surface area contributed by atoms with Crippen LogP contribution >= 0.6 is 0 Å². The molecule has 1 aromatic rings. The van der Waals surface area contributed by atoms with Crippen molar-refractivity contribution < 1.29 is 8.42 Å². The third-order valence-electron chi connectivity index (χ3n) is 1.46. The van der Waals surface area contributed by atoms with E-state index >= 15 is 0 Å². The molecular formula is C6H12N4O2S. The van der Waals surface area contributed by atoms with E-state index < -0.39 is 9.84 Å². The molecule has 0 atom stereocenters. The van der Waals surface area contributed by atoms with Crippen molar-refractivity contribution in [3.8, 4) is 0 Å². The lowest BCUT2D eigenvalue weighted by molar-refractivity contribution is 0.564. The van der Waals surface area contributed by atoms with Gasteiger partial charge in [0, 0.05) is 12.8 Å². The van der Waals surface area contributed by atoms with Gasteiger partial charge in [-0.05, 0) is 6.42 Å². The van der Waals surface area contributed by atoms with Crippen molar-refractivity contribution in [3.63, 3.8) is 0 Å². The fourth-order valence-corrected chi connectivity index (χ4v) is 1.56. The van der Waals surface area contributed by atoms with Crippen LogP contribution in [0.25, 0.3) is 0 Å². The van der Waals surface area contributed by atoms with Crippen LogP contribution in [-0.2, 0) is 16.4 Å². The number of aryl methyl sites for hydroxylation is 1. The van der Waals surface area contributed by atoms with Crippen LogP contribution in [0.15, 0.2) is 6.20 Å². The Morgan fingerprint density at radius 2 is 2.31 bits per heavy atom. The Balaban J connectivity index is 2.36. The smallest absolute Gasteiger partial charge is 0.165 e. The number of nitrogens with zero attached hydrogens (tertiary/aromatic N) is 3. The zero-order valence-corrected chi connectivity index (χ0v) is 8.16. The number of nitrogens with two attached hydrogens (primary N) is 1. The van der Waals surface area contributed by atoms with Crippen molar-refractivity contribution in [1.82, 2.24) is 15.0 Å². The maximum atomic E-state index is 10.8. The molecule has 1 heterocycles. The Morgan fingerprint density at radius 1 is 1.62 bits per heavy atom. The first-order valence-corrected chi connectivity index (χ1v) is 5.87. The molecule has 0 bridgehead atoms. The summed E-state index contributed by atoms with van der Waals surface area (Å²) in [5, 5.41) is 7.26. The molecule has 6 nitrogen and oxygen atoms in total. The van der Waals surface area contributed by atoms with Gasteiger partial charge in [0.25, 0.3) is 0 Å². The van der Waals surface area contributed by atoms with E-state index in [1.54, 1.807) is 6.20 Å². The molecular weight excluding hydrogens is 192 g/mol. The molecule has 0 aliphatic carbocycles. The van der Waals surface area contributed by atoms with E-state index in [0.717, 1.165) is 0 Å². The van der Waals surface area contributed by atoms with Crippen molar-refractivity contribution in [2.75, 3.05) is 17.7 Å². The number of rotatable bonds is 4. The zero-order valence-electron chi connectivity index (χ0n) is 7.34. The van der Waals surface area contributed by atoms with Crippen molar-refractivity contribution in [2.45, 2.75) is 13.0 Å². The number of hydrogen-bond donors (Lipinski definition) is 1. The molecule has 0 radical (unpaired) electrons. The minimum Gasteiger partial charge on any atom is -0.381 e. The van der Waals surface area contributed by atoms with E-state index in [1.165, 1.54) is 10.9 Å². The number of anilines is 1. The predicted octanol–water partition coefficient (Wildman–Crippen LogP) is -0.705. The maximum absolute atomic E-state index is 10.8. The minimum absolute atomic E-state index is 0.159. The van der Waals surface area contributed by atoms with Crippen LogP contribution in [0.5, 0.6) is 0 Å². The number of aromatic nitrogens is 3. The first kappa shape index (κ1) is 9.97. The van der Waals surface area contributed by atoms with E-state index in [2.05, 4.69) is 10.3 Å². The average molecular weight is 204 g/mol. The van der Waals surface area contributed by atoms with Gasteiger partial charge >= 0.3 is 0 Å². The summed E-state index contributed by atoms with van der Waals surface area (Å²) in [5.41, 5.74) is 5.32. The van der Waals surface area contributed by atoms with Crippen molar-refractivity contribution >= 4 is 15.7 Å². The van der Waals surface area contributed by atoms with Crippen LogP contribution < -0.4 is 5.73 Å². The molecule has 0 saturated carbocycles. The van der Waals surface area contributed by atoms with Crippen LogP contribution in [0.1, 0.15) is 6.42 Å². The van der Waals surface area contributed by atoms with E-state index in [0.29, 0.717) is 18.8 Å². The van der Waals surface area contributed by atoms with Gasteiger partial charge < -0.3 is 5.73 Å². The SMILES string of the molecule is CS(=O)(=O)CCCn1cc(N)nn1. The topological polar surface area (TPSA) is 90.9 Å². The molecule has 74 valence electrons. The van der Waals surface area contributed by atoms with Crippen LogP contribution in [0, 0.1) is 0 Å². The number of hydrogen-bond acceptors (Lipinski definition) is 5. The Hall–Kier alpha value is -1.11. The highest BCUT2D eigenvalue weighted by molar-refractivity contribution is 7.90. The Bertz CT molecular complexity index is 370. The summed E-state index contributed by atoms with van der Waals surface area (Å²) < 4.78 is 23.0. The van der Waals surface area contributed by atoms with Crippen molar-refractivity contribution in [1.29, 1.82) is 0 Å². The van der Waals surface area contributed by atoms with Gasteiger partial charge in [-0.2, -0.15) is 0 Å². The lowest BCUT2D eigenvalue weighted by Gasteiger charge is -1.98. The first-order valence-electron chi connectivity index (χ1n) is 3.81. The molecule has 0 spiro atoms. The van der Waals surface area contributed by atoms with Gasteiger partial charge in [0.15, 0.2) is 5.82 Å². The summed E-state index contributed by atoms with van der Waals surface area (Å²) in [7, 11) is -2.88. The lowest BCUT2D eigenvalue weighted by Crippen LogP contribution is -2.07. The molecule has 0 saturated heterocycles. The first-order chi connectivity index (χ1) is 5.97. The summed E-state index contributed by atoms with van der Waals surface area (Å²) in [6, 6.07) is 0. The molecule has 1 rings (SSSR count). The standard InChI is InChI=1S/C6H12N4O2S/c1-13(11,12)4-2-3-10-5-6(7)8-9-10/h5H,2-4,7H2,1H3. The maximum Gasteiger partial charge on any atom is 0.165 e. The van der Waals surface area contributed by atoms with E-state index in [-0.39, 0.29) is 5.75 Å². The van der Waals surface area contributed by atoms with Gasteiger partial charge in [-0.1, -0.05) is 5.21 Å². The van der Waals surface area contributed by atoms with Crippen molar-refractivity contribution in [2.24, 2.45) is 0 Å². The second-order valence-corrected chi connectivity index (χ2v) is 5.15. The molecule has 7 heteroatoms.